The molecule has 2 aromatic carbocycles. The smallest absolute Gasteiger partial charge is 0.231 e. The van der Waals surface area contributed by atoms with Crippen molar-refractivity contribution in [2.75, 3.05) is 6.79 Å². The summed E-state index contributed by atoms with van der Waals surface area (Å²) in [7, 11) is 0. The van der Waals surface area contributed by atoms with E-state index < -0.39 is 0 Å². The first-order valence-corrected chi connectivity index (χ1v) is 6.61. The number of benzene rings is 2. The molecule has 0 bridgehead atoms. The minimum Gasteiger partial charge on any atom is -0.454 e. The fourth-order valence-corrected chi connectivity index (χ4v) is 2.47. The monoisotopic (exact) mass is 302 g/mol. The quantitative estimate of drug-likeness (QED) is 0.641. The van der Waals surface area contributed by atoms with Gasteiger partial charge in [-0.15, -0.1) is 0 Å². The summed E-state index contributed by atoms with van der Waals surface area (Å²) >= 11 is 6.21. The van der Waals surface area contributed by atoms with Crippen LogP contribution in [0.1, 0.15) is 0 Å². The van der Waals surface area contributed by atoms with Crippen LogP contribution in [0.3, 0.4) is 0 Å². The van der Waals surface area contributed by atoms with Crippen LogP contribution in [0.25, 0.3) is 22.3 Å². The highest BCUT2D eigenvalue weighted by Gasteiger charge is 2.17. The number of aromatic nitrogens is 2. The molecule has 3 aromatic rings. The van der Waals surface area contributed by atoms with Gasteiger partial charge in [-0.25, -0.2) is 14.4 Å². The molecule has 0 unspecified atom stereocenters. The molecule has 0 spiro atoms. The molecule has 0 fully saturated rings. The highest BCUT2D eigenvalue weighted by molar-refractivity contribution is 6.34. The van der Waals surface area contributed by atoms with Crippen LogP contribution in [-0.4, -0.2) is 16.8 Å². The van der Waals surface area contributed by atoms with Crippen molar-refractivity contribution in [3.05, 3.63) is 47.4 Å². The lowest BCUT2D eigenvalue weighted by Crippen LogP contribution is -1.92. The Labute approximate surface area is 124 Å². The maximum absolute atomic E-state index is 13.3. The lowest BCUT2D eigenvalue weighted by molar-refractivity contribution is 0.174. The molecule has 4 rings (SSSR count). The van der Waals surface area contributed by atoms with Gasteiger partial charge in [0, 0.05) is 17.0 Å². The van der Waals surface area contributed by atoms with Gasteiger partial charge in [0.05, 0.1) is 5.52 Å². The lowest BCUT2D eigenvalue weighted by Gasteiger charge is -2.06. The van der Waals surface area contributed by atoms with Crippen molar-refractivity contribution in [3.63, 3.8) is 0 Å². The SMILES string of the molecule is Fc1cccc(-c2nc(Cl)c3cc4c(cc3n2)OCO4)c1. The van der Waals surface area contributed by atoms with Gasteiger partial charge in [0.1, 0.15) is 11.0 Å². The van der Waals surface area contributed by atoms with E-state index in [0.717, 1.165) is 0 Å². The van der Waals surface area contributed by atoms with E-state index >= 15 is 0 Å². The van der Waals surface area contributed by atoms with Gasteiger partial charge in [0.2, 0.25) is 6.79 Å². The van der Waals surface area contributed by atoms with E-state index in [1.165, 1.54) is 12.1 Å². The van der Waals surface area contributed by atoms with Gasteiger partial charge in [-0.2, -0.15) is 0 Å². The van der Waals surface area contributed by atoms with E-state index in [0.29, 0.717) is 33.8 Å². The molecule has 0 saturated carbocycles. The van der Waals surface area contributed by atoms with Gasteiger partial charge in [-0.3, -0.25) is 0 Å². The Bertz CT molecular complexity index is 870. The van der Waals surface area contributed by atoms with Crippen molar-refractivity contribution in [1.82, 2.24) is 9.97 Å². The first-order chi connectivity index (χ1) is 10.2. The van der Waals surface area contributed by atoms with Gasteiger partial charge >= 0.3 is 0 Å². The Kier molecular flexibility index (Phi) is 2.68. The molecular weight excluding hydrogens is 295 g/mol. The fourth-order valence-electron chi connectivity index (χ4n) is 2.24. The number of fused-ring (bicyclic) bond motifs is 2. The van der Waals surface area contributed by atoms with Crippen molar-refractivity contribution < 1.29 is 13.9 Å². The van der Waals surface area contributed by atoms with Crippen molar-refractivity contribution in [2.24, 2.45) is 0 Å². The van der Waals surface area contributed by atoms with Crippen LogP contribution in [0, 0.1) is 5.82 Å². The summed E-state index contributed by atoms with van der Waals surface area (Å²) in [5.74, 6) is 1.25. The number of ether oxygens (including phenoxy) is 2. The van der Waals surface area contributed by atoms with Crippen molar-refractivity contribution in [3.8, 4) is 22.9 Å². The molecule has 0 aliphatic carbocycles. The highest BCUT2D eigenvalue weighted by atomic mass is 35.5. The molecule has 1 aliphatic rings. The summed E-state index contributed by atoms with van der Waals surface area (Å²) in [6, 6.07) is 9.55. The third kappa shape index (κ3) is 2.06. The van der Waals surface area contributed by atoms with Crippen LogP contribution < -0.4 is 9.47 Å². The highest BCUT2D eigenvalue weighted by Crippen LogP contribution is 2.37. The number of hydrogen-bond acceptors (Lipinski definition) is 4. The van der Waals surface area contributed by atoms with Crippen LogP contribution in [0.15, 0.2) is 36.4 Å². The predicted molar refractivity (Wildman–Crippen MR) is 76.1 cm³/mol. The molecule has 2 heterocycles. The Morgan fingerprint density at radius 2 is 1.86 bits per heavy atom. The van der Waals surface area contributed by atoms with E-state index in [4.69, 9.17) is 21.1 Å². The summed E-state index contributed by atoms with van der Waals surface area (Å²) < 4.78 is 24.0. The number of rotatable bonds is 1. The maximum Gasteiger partial charge on any atom is 0.231 e. The zero-order valence-electron chi connectivity index (χ0n) is 10.6. The molecule has 21 heavy (non-hydrogen) atoms. The van der Waals surface area contributed by atoms with Crippen LogP contribution in [0.4, 0.5) is 4.39 Å². The molecular formula is C15H8ClFN2O2. The standard InChI is InChI=1S/C15H8ClFN2O2/c16-14-10-5-12-13(21-7-20-12)6-11(10)18-15(19-14)8-2-1-3-9(17)4-8/h1-6H,7H2. The first-order valence-electron chi connectivity index (χ1n) is 6.23. The van der Waals surface area contributed by atoms with Crippen LogP contribution in [0.5, 0.6) is 11.5 Å². The molecule has 0 saturated heterocycles. The van der Waals surface area contributed by atoms with Crippen LogP contribution >= 0.6 is 11.6 Å². The van der Waals surface area contributed by atoms with Gasteiger partial charge in [-0.05, 0) is 18.2 Å². The molecule has 1 aliphatic heterocycles. The molecule has 1 aromatic heterocycles. The molecule has 4 nitrogen and oxygen atoms in total. The number of hydrogen-bond donors (Lipinski definition) is 0. The molecule has 0 atom stereocenters. The maximum atomic E-state index is 13.3. The molecule has 6 heteroatoms. The number of nitrogens with zero attached hydrogens (tertiary/aromatic N) is 2. The second kappa shape index (κ2) is 4.56. The van der Waals surface area contributed by atoms with Gasteiger partial charge in [0.25, 0.3) is 0 Å². The van der Waals surface area contributed by atoms with Crippen molar-refractivity contribution in [2.45, 2.75) is 0 Å². The molecule has 104 valence electrons. The molecule has 0 N–H and O–H groups in total. The zero-order chi connectivity index (χ0) is 14.4. The lowest BCUT2D eigenvalue weighted by atomic mass is 10.2. The van der Waals surface area contributed by atoms with Crippen LogP contribution in [0.2, 0.25) is 5.15 Å². The minimum absolute atomic E-state index is 0.174. The van der Waals surface area contributed by atoms with Crippen molar-refractivity contribution in [1.29, 1.82) is 0 Å². The molecule has 0 amide bonds. The first kappa shape index (κ1) is 12.3. The predicted octanol–water partition coefficient (Wildman–Crippen LogP) is 3.82. The molecule has 0 radical (unpaired) electrons. The van der Waals surface area contributed by atoms with Crippen LogP contribution in [-0.2, 0) is 0 Å². The zero-order valence-corrected chi connectivity index (χ0v) is 11.4. The minimum atomic E-state index is -0.349. The second-order valence-electron chi connectivity index (χ2n) is 4.57. The van der Waals surface area contributed by atoms with Gasteiger partial charge in [0.15, 0.2) is 17.3 Å². The summed E-state index contributed by atoms with van der Waals surface area (Å²) in [6.45, 7) is 0.174. The third-order valence-electron chi connectivity index (χ3n) is 3.23. The second-order valence-corrected chi connectivity index (χ2v) is 4.93. The topological polar surface area (TPSA) is 44.2 Å². The van der Waals surface area contributed by atoms with Gasteiger partial charge in [-0.1, -0.05) is 23.7 Å². The third-order valence-corrected chi connectivity index (χ3v) is 3.51. The summed E-state index contributed by atoms with van der Waals surface area (Å²) in [6.07, 6.45) is 0. The van der Waals surface area contributed by atoms with Gasteiger partial charge < -0.3 is 9.47 Å². The van der Waals surface area contributed by atoms with Crippen molar-refractivity contribution >= 4 is 22.5 Å². The summed E-state index contributed by atoms with van der Waals surface area (Å²) in [5.41, 5.74) is 1.19. The van der Waals surface area contributed by atoms with E-state index in [9.17, 15) is 4.39 Å². The Hall–Kier alpha value is -2.40. The summed E-state index contributed by atoms with van der Waals surface area (Å²) in [4.78, 5) is 8.66. The Morgan fingerprint density at radius 3 is 2.67 bits per heavy atom. The van der Waals surface area contributed by atoms with E-state index in [-0.39, 0.29) is 17.8 Å². The Balaban J connectivity index is 1.94. The average Bonchev–Trinajstić information content (AvgIpc) is 2.92. The normalized spacial score (nSPS) is 12.9. The fraction of sp³-hybridized carbons (Fsp3) is 0.0667. The van der Waals surface area contributed by atoms with E-state index in [1.807, 2.05) is 0 Å². The van der Waals surface area contributed by atoms with E-state index in [1.54, 1.807) is 24.3 Å². The largest absolute Gasteiger partial charge is 0.454 e. The number of halogens is 2. The summed E-state index contributed by atoms with van der Waals surface area (Å²) in [5, 5.41) is 0.957. The Morgan fingerprint density at radius 1 is 1.05 bits per heavy atom. The average molecular weight is 303 g/mol. The van der Waals surface area contributed by atoms with E-state index in [2.05, 4.69) is 9.97 Å².